The van der Waals surface area contributed by atoms with Gasteiger partial charge >= 0.3 is 0 Å². The van der Waals surface area contributed by atoms with Gasteiger partial charge in [-0.1, -0.05) is 11.6 Å². The van der Waals surface area contributed by atoms with Crippen LogP contribution in [0.2, 0.25) is 5.02 Å². The third kappa shape index (κ3) is 4.77. The van der Waals surface area contributed by atoms with E-state index in [-0.39, 0.29) is 28.8 Å². The van der Waals surface area contributed by atoms with Gasteiger partial charge in [0.2, 0.25) is 5.91 Å². The number of carbonyl (C=O) groups is 1. The van der Waals surface area contributed by atoms with Gasteiger partial charge in [0.15, 0.2) is 0 Å². The average Bonchev–Trinajstić information content (AvgIpc) is 2.89. The van der Waals surface area contributed by atoms with E-state index in [1.165, 1.54) is 18.2 Å². The molecule has 0 radical (unpaired) electrons. The lowest BCUT2D eigenvalue weighted by molar-refractivity contribution is -0.384. The molecule has 1 N–H and O–H groups in total. The molecule has 1 amide bonds. The second kappa shape index (κ2) is 8.09. The highest BCUT2D eigenvalue weighted by Crippen LogP contribution is 2.26. The van der Waals surface area contributed by atoms with Crippen LogP contribution in [0.25, 0.3) is 0 Å². The summed E-state index contributed by atoms with van der Waals surface area (Å²) < 4.78 is 1.89. The number of benzene rings is 1. The van der Waals surface area contributed by atoms with E-state index in [0.717, 1.165) is 17.8 Å². The van der Waals surface area contributed by atoms with E-state index in [0.29, 0.717) is 6.54 Å². The lowest BCUT2D eigenvalue weighted by Crippen LogP contribution is -2.30. The fourth-order valence-corrected chi connectivity index (χ4v) is 2.63. The molecule has 134 valence electrons. The van der Waals surface area contributed by atoms with Crippen LogP contribution in [-0.4, -0.2) is 39.1 Å². The molecule has 25 heavy (non-hydrogen) atoms. The molecule has 1 aromatic carbocycles. The van der Waals surface area contributed by atoms with Crippen LogP contribution >= 0.6 is 11.6 Å². The zero-order valence-electron chi connectivity index (χ0n) is 14.3. The van der Waals surface area contributed by atoms with Crippen LogP contribution in [0.15, 0.2) is 24.4 Å². The molecule has 0 saturated carbocycles. The lowest BCUT2D eigenvalue weighted by atomic mass is 10.2. The van der Waals surface area contributed by atoms with Crippen molar-refractivity contribution in [3.05, 3.63) is 50.8 Å². The lowest BCUT2D eigenvalue weighted by Gasteiger charge is -2.16. The quantitative estimate of drug-likeness (QED) is 0.601. The number of nitro groups is 1. The molecule has 0 aliphatic rings. The molecule has 0 unspecified atom stereocenters. The summed E-state index contributed by atoms with van der Waals surface area (Å²) in [7, 11) is 1.82. The van der Waals surface area contributed by atoms with Crippen molar-refractivity contribution in [2.75, 3.05) is 18.9 Å². The number of amides is 1. The first-order valence-electron chi connectivity index (χ1n) is 7.75. The summed E-state index contributed by atoms with van der Waals surface area (Å²) in [6, 6.07) is 3.93. The van der Waals surface area contributed by atoms with Crippen LogP contribution in [0.1, 0.15) is 18.2 Å². The number of likely N-dealkylation sites (N-methyl/N-ethyl adjacent to an activating group) is 1. The number of nitrogens with one attached hydrogen (secondary N) is 1. The van der Waals surface area contributed by atoms with Crippen LogP contribution in [0.5, 0.6) is 0 Å². The zero-order valence-corrected chi connectivity index (χ0v) is 15.1. The normalized spacial score (nSPS) is 10.9. The van der Waals surface area contributed by atoms with Crippen LogP contribution in [-0.2, 0) is 17.9 Å². The van der Waals surface area contributed by atoms with Gasteiger partial charge in [-0.3, -0.25) is 24.5 Å². The molecular formula is C16H20ClN5O3. The molecule has 1 heterocycles. The molecule has 0 aliphatic heterocycles. The number of halogens is 1. The van der Waals surface area contributed by atoms with E-state index in [9.17, 15) is 14.9 Å². The molecule has 2 aromatic rings. The molecular weight excluding hydrogens is 346 g/mol. The number of aryl methyl sites for hydroxylation is 1. The minimum Gasteiger partial charge on any atom is -0.323 e. The Bertz CT molecular complexity index is 790. The minimum absolute atomic E-state index is 0.121. The third-order valence-corrected chi connectivity index (χ3v) is 4.12. The fraction of sp³-hybridized carbons (Fsp3) is 0.375. The summed E-state index contributed by atoms with van der Waals surface area (Å²) in [5.74, 6) is -0.301. The SMILES string of the molecule is CCn1ncc(CN(C)CC(=O)Nc2cc([N+](=O)[O-])ccc2Cl)c1C. The van der Waals surface area contributed by atoms with E-state index in [1.807, 2.05) is 30.5 Å². The predicted octanol–water partition coefficient (Wildman–Crippen LogP) is 2.84. The van der Waals surface area contributed by atoms with Crippen molar-refractivity contribution >= 4 is 28.9 Å². The number of hydrogen-bond donors (Lipinski definition) is 1. The first-order valence-corrected chi connectivity index (χ1v) is 8.13. The fourth-order valence-electron chi connectivity index (χ4n) is 2.46. The number of anilines is 1. The molecule has 0 atom stereocenters. The van der Waals surface area contributed by atoms with E-state index < -0.39 is 4.92 Å². The van der Waals surface area contributed by atoms with Crippen molar-refractivity contribution in [2.45, 2.75) is 26.9 Å². The van der Waals surface area contributed by atoms with Gasteiger partial charge in [-0.15, -0.1) is 0 Å². The van der Waals surface area contributed by atoms with Gasteiger partial charge in [0.05, 0.1) is 28.4 Å². The summed E-state index contributed by atoms with van der Waals surface area (Å²) in [6.07, 6.45) is 1.80. The van der Waals surface area contributed by atoms with Gasteiger partial charge < -0.3 is 5.32 Å². The largest absolute Gasteiger partial charge is 0.323 e. The Morgan fingerprint density at radius 1 is 1.48 bits per heavy atom. The highest BCUT2D eigenvalue weighted by Gasteiger charge is 2.14. The molecule has 0 bridgehead atoms. The van der Waals surface area contributed by atoms with Crippen molar-refractivity contribution in [3.63, 3.8) is 0 Å². The number of nitrogens with zero attached hydrogens (tertiary/aromatic N) is 4. The Kier molecular flexibility index (Phi) is 6.11. The van der Waals surface area contributed by atoms with Gasteiger partial charge in [-0.25, -0.2) is 0 Å². The Morgan fingerprint density at radius 3 is 2.80 bits per heavy atom. The van der Waals surface area contributed by atoms with Gasteiger partial charge in [-0.05, 0) is 27.0 Å². The van der Waals surface area contributed by atoms with Gasteiger partial charge in [0.1, 0.15) is 0 Å². The molecule has 9 heteroatoms. The summed E-state index contributed by atoms with van der Waals surface area (Å²) in [6.45, 7) is 5.49. The maximum atomic E-state index is 12.2. The van der Waals surface area contributed by atoms with Crippen LogP contribution in [0.4, 0.5) is 11.4 Å². The summed E-state index contributed by atoms with van der Waals surface area (Å²) in [4.78, 5) is 24.3. The van der Waals surface area contributed by atoms with E-state index in [1.54, 1.807) is 6.20 Å². The summed E-state index contributed by atoms with van der Waals surface area (Å²) >= 11 is 5.99. The Labute approximate surface area is 150 Å². The van der Waals surface area contributed by atoms with Crippen molar-refractivity contribution in [1.29, 1.82) is 0 Å². The average molecular weight is 366 g/mol. The van der Waals surface area contributed by atoms with Crippen molar-refractivity contribution in [1.82, 2.24) is 14.7 Å². The number of nitro benzene ring substituents is 1. The van der Waals surface area contributed by atoms with Crippen LogP contribution < -0.4 is 5.32 Å². The number of aromatic nitrogens is 2. The first kappa shape index (κ1) is 18.9. The highest BCUT2D eigenvalue weighted by atomic mass is 35.5. The van der Waals surface area contributed by atoms with E-state index >= 15 is 0 Å². The first-order chi connectivity index (χ1) is 11.8. The van der Waals surface area contributed by atoms with Gasteiger partial charge in [-0.2, -0.15) is 5.10 Å². The predicted molar refractivity (Wildman–Crippen MR) is 95.7 cm³/mol. The summed E-state index contributed by atoms with van der Waals surface area (Å²) in [5, 5.41) is 18.0. The second-order valence-electron chi connectivity index (χ2n) is 5.71. The maximum absolute atomic E-state index is 12.2. The molecule has 0 fully saturated rings. The Balaban J connectivity index is 1.98. The van der Waals surface area contributed by atoms with Crippen molar-refractivity contribution < 1.29 is 9.72 Å². The summed E-state index contributed by atoms with van der Waals surface area (Å²) in [5.41, 5.74) is 2.21. The second-order valence-corrected chi connectivity index (χ2v) is 6.12. The van der Waals surface area contributed by atoms with Crippen LogP contribution in [0.3, 0.4) is 0 Å². The molecule has 0 aliphatic carbocycles. The molecule has 8 nitrogen and oxygen atoms in total. The molecule has 0 spiro atoms. The zero-order chi connectivity index (χ0) is 18.6. The van der Waals surface area contributed by atoms with Crippen molar-refractivity contribution in [2.24, 2.45) is 0 Å². The number of hydrogen-bond acceptors (Lipinski definition) is 5. The van der Waals surface area contributed by atoms with E-state index in [2.05, 4.69) is 10.4 Å². The van der Waals surface area contributed by atoms with Gasteiger partial charge in [0, 0.05) is 36.5 Å². The Morgan fingerprint density at radius 2 is 2.20 bits per heavy atom. The number of rotatable bonds is 7. The maximum Gasteiger partial charge on any atom is 0.271 e. The smallest absolute Gasteiger partial charge is 0.271 e. The third-order valence-electron chi connectivity index (χ3n) is 3.79. The number of non-ortho nitro benzene ring substituents is 1. The van der Waals surface area contributed by atoms with Gasteiger partial charge in [0.25, 0.3) is 5.69 Å². The van der Waals surface area contributed by atoms with Crippen molar-refractivity contribution in [3.8, 4) is 0 Å². The monoisotopic (exact) mass is 365 g/mol. The standard InChI is InChI=1S/C16H20ClN5O3/c1-4-21-11(2)12(8-18-21)9-20(3)10-16(23)19-15-7-13(22(24)25)5-6-14(15)17/h5-8H,4,9-10H2,1-3H3,(H,19,23). The molecule has 0 saturated heterocycles. The minimum atomic E-state index is -0.535. The molecule has 2 rings (SSSR count). The highest BCUT2D eigenvalue weighted by molar-refractivity contribution is 6.33. The van der Waals surface area contributed by atoms with E-state index in [4.69, 9.17) is 11.6 Å². The topological polar surface area (TPSA) is 93.3 Å². The Hall–Kier alpha value is -2.45. The molecule has 1 aromatic heterocycles. The number of carbonyl (C=O) groups excluding carboxylic acids is 1. The van der Waals surface area contributed by atoms with Crippen LogP contribution in [0, 0.1) is 17.0 Å².